The van der Waals surface area contributed by atoms with E-state index >= 15 is 0 Å². The Kier molecular flexibility index (Phi) is 5.95. The molecule has 8 heteroatoms. The van der Waals surface area contributed by atoms with Gasteiger partial charge in [-0.15, -0.1) is 0 Å². The second-order valence-electron chi connectivity index (χ2n) is 6.20. The summed E-state index contributed by atoms with van der Waals surface area (Å²) in [4.78, 5) is 32.8. The van der Waals surface area contributed by atoms with Crippen LogP contribution in [0.4, 0.5) is 0 Å². The monoisotopic (exact) mass is 387 g/mol. The predicted octanol–water partition coefficient (Wildman–Crippen LogP) is 3.17. The number of benzene rings is 1. The summed E-state index contributed by atoms with van der Waals surface area (Å²) in [6.45, 7) is 3.86. The van der Waals surface area contributed by atoms with Crippen molar-refractivity contribution < 1.29 is 18.7 Å². The van der Waals surface area contributed by atoms with Crippen LogP contribution in [0.3, 0.4) is 0 Å². The van der Waals surface area contributed by atoms with Crippen molar-refractivity contribution >= 4 is 45.7 Å². The standard InChI is InChI=1S/C19H21N3O4S/c1-4-11(2)15(19(24)25-3)22-14(23)9-27-18-17-16(20-10-21-18)12-7-5-6-8-13(12)26-17/h5-8,10-11,15H,4,9H2,1-3H3,(H,22,23)/t11-,15+/m1/s1. The normalized spacial score (nSPS) is 13.4. The van der Waals surface area contributed by atoms with Gasteiger partial charge in [0.25, 0.3) is 0 Å². The zero-order valence-electron chi connectivity index (χ0n) is 15.4. The van der Waals surface area contributed by atoms with Crippen molar-refractivity contribution in [3.05, 3.63) is 30.6 Å². The van der Waals surface area contributed by atoms with Gasteiger partial charge < -0.3 is 14.5 Å². The van der Waals surface area contributed by atoms with Crippen LogP contribution in [0.15, 0.2) is 40.0 Å². The summed E-state index contributed by atoms with van der Waals surface area (Å²) in [5.41, 5.74) is 2.00. The Labute approximate surface area is 160 Å². The molecule has 7 nitrogen and oxygen atoms in total. The average Bonchev–Trinajstić information content (AvgIpc) is 3.08. The van der Waals surface area contributed by atoms with Gasteiger partial charge in [-0.25, -0.2) is 14.8 Å². The van der Waals surface area contributed by atoms with E-state index in [9.17, 15) is 9.59 Å². The number of aromatic nitrogens is 2. The quantitative estimate of drug-likeness (QED) is 0.378. The highest BCUT2D eigenvalue weighted by Crippen LogP contribution is 2.32. The van der Waals surface area contributed by atoms with Crippen molar-refractivity contribution in [2.24, 2.45) is 5.92 Å². The van der Waals surface area contributed by atoms with E-state index in [1.807, 2.05) is 38.1 Å². The van der Waals surface area contributed by atoms with E-state index in [1.54, 1.807) is 0 Å². The molecule has 2 heterocycles. The fourth-order valence-electron chi connectivity index (χ4n) is 2.75. The zero-order chi connectivity index (χ0) is 19.4. The number of thioether (sulfide) groups is 1. The van der Waals surface area contributed by atoms with Crippen LogP contribution >= 0.6 is 11.8 Å². The number of para-hydroxylation sites is 1. The second kappa shape index (κ2) is 8.39. The van der Waals surface area contributed by atoms with Gasteiger partial charge in [-0.2, -0.15) is 0 Å². The first-order chi connectivity index (χ1) is 13.0. The van der Waals surface area contributed by atoms with Crippen LogP contribution in [0.5, 0.6) is 0 Å². The van der Waals surface area contributed by atoms with E-state index in [4.69, 9.17) is 9.15 Å². The van der Waals surface area contributed by atoms with Gasteiger partial charge in [0.1, 0.15) is 28.5 Å². The molecule has 2 atom stereocenters. The summed E-state index contributed by atoms with van der Waals surface area (Å²) >= 11 is 1.24. The van der Waals surface area contributed by atoms with E-state index < -0.39 is 12.0 Å². The zero-order valence-corrected chi connectivity index (χ0v) is 16.2. The number of nitrogens with zero attached hydrogens (tertiary/aromatic N) is 2. The maximum Gasteiger partial charge on any atom is 0.328 e. The molecule has 0 spiro atoms. The number of fused-ring (bicyclic) bond motifs is 3. The van der Waals surface area contributed by atoms with Crippen molar-refractivity contribution in [1.29, 1.82) is 0 Å². The molecule has 2 aromatic heterocycles. The Morgan fingerprint density at radius 2 is 2.07 bits per heavy atom. The molecule has 0 aliphatic rings. The number of hydrogen-bond acceptors (Lipinski definition) is 7. The van der Waals surface area contributed by atoms with E-state index in [1.165, 1.54) is 25.2 Å². The van der Waals surface area contributed by atoms with E-state index in [0.29, 0.717) is 10.6 Å². The summed E-state index contributed by atoms with van der Waals surface area (Å²) in [6, 6.07) is 6.94. The minimum atomic E-state index is -0.662. The predicted molar refractivity (Wildman–Crippen MR) is 103 cm³/mol. The average molecular weight is 387 g/mol. The molecule has 0 saturated heterocycles. The molecule has 1 amide bonds. The van der Waals surface area contributed by atoms with E-state index in [0.717, 1.165) is 22.9 Å². The highest BCUT2D eigenvalue weighted by molar-refractivity contribution is 8.00. The Morgan fingerprint density at radius 1 is 1.30 bits per heavy atom. The van der Waals surface area contributed by atoms with Crippen LogP contribution in [-0.4, -0.2) is 40.7 Å². The maximum absolute atomic E-state index is 12.4. The van der Waals surface area contributed by atoms with Crippen LogP contribution in [0.1, 0.15) is 20.3 Å². The number of furan rings is 1. The molecule has 0 saturated carbocycles. The lowest BCUT2D eigenvalue weighted by Gasteiger charge is -2.21. The van der Waals surface area contributed by atoms with Crippen molar-refractivity contribution in [1.82, 2.24) is 15.3 Å². The SMILES string of the molecule is CC[C@@H](C)[C@H](NC(=O)CSc1ncnc2c1oc1ccccc12)C(=O)OC. The molecular formula is C19H21N3O4S. The summed E-state index contributed by atoms with van der Waals surface area (Å²) in [7, 11) is 1.32. The number of hydrogen-bond donors (Lipinski definition) is 1. The Bertz CT molecular complexity index is 972. The van der Waals surface area contributed by atoms with Gasteiger partial charge in [0, 0.05) is 5.39 Å². The molecule has 27 heavy (non-hydrogen) atoms. The molecule has 0 bridgehead atoms. The first-order valence-corrected chi connectivity index (χ1v) is 9.66. The molecule has 0 aliphatic carbocycles. The van der Waals surface area contributed by atoms with E-state index in [2.05, 4.69) is 15.3 Å². The number of ether oxygens (including phenoxy) is 1. The van der Waals surface area contributed by atoms with Gasteiger partial charge in [-0.1, -0.05) is 44.2 Å². The van der Waals surface area contributed by atoms with Gasteiger partial charge in [-0.3, -0.25) is 4.79 Å². The summed E-state index contributed by atoms with van der Waals surface area (Å²) < 4.78 is 10.7. The summed E-state index contributed by atoms with van der Waals surface area (Å²) in [5, 5.41) is 4.25. The summed E-state index contributed by atoms with van der Waals surface area (Å²) in [6.07, 6.45) is 2.21. The maximum atomic E-state index is 12.4. The lowest BCUT2D eigenvalue weighted by Crippen LogP contribution is -2.46. The van der Waals surface area contributed by atoms with Crippen LogP contribution in [-0.2, 0) is 14.3 Å². The van der Waals surface area contributed by atoms with Crippen molar-refractivity contribution in [3.63, 3.8) is 0 Å². The van der Waals surface area contributed by atoms with Crippen LogP contribution in [0.2, 0.25) is 0 Å². The smallest absolute Gasteiger partial charge is 0.328 e. The number of carbonyl (C=O) groups excluding carboxylic acids is 2. The molecule has 0 aliphatic heterocycles. The number of nitrogens with one attached hydrogen (secondary N) is 1. The molecule has 1 N–H and O–H groups in total. The first kappa shape index (κ1) is 19.2. The molecule has 142 valence electrons. The Balaban J connectivity index is 1.74. The lowest BCUT2D eigenvalue weighted by molar-refractivity contribution is -0.146. The van der Waals surface area contributed by atoms with Crippen LogP contribution < -0.4 is 5.32 Å². The number of esters is 1. The van der Waals surface area contributed by atoms with Crippen molar-refractivity contribution in [3.8, 4) is 0 Å². The Hall–Kier alpha value is -2.61. The van der Waals surface area contributed by atoms with Gasteiger partial charge in [0.15, 0.2) is 5.58 Å². The molecule has 0 unspecified atom stereocenters. The third-order valence-corrected chi connectivity index (χ3v) is 5.42. The van der Waals surface area contributed by atoms with Crippen molar-refractivity contribution in [2.45, 2.75) is 31.3 Å². The topological polar surface area (TPSA) is 94.3 Å². The van der Waals surface area contributed by atoms with Gasteiger partial charge >= 0.3 is 5.97 Å². The number of amides is 1. The second-order valence-corrected chi connectivity index (χ2v) is 7.16. The van der Waals surface area contributed by atoms with Gasteiger partial charge in [-0.05, 0) is 18.1 Å². The largest absolute Gasteiger partial charge is 0.467 e. The lowest BCUT2D eigenvalue weighted by atomic mass is 9.99. The molecule has 0 radical (unpaired) electrons. The fourth-order valence-corrected chi connectivity index (χ4v) is 3.49. The Morgan fingerprint density at radius 3 is 2.81 bits per heavy atom. The molecule has 0 fully saturated rings. The first-order valence-electron chi connectivity index (χ1n) is 8.67. The van der Waals surface area contributed by atoms with Crippen molar-refractivity contribution in [2.75, 3.05) is 12.9 Å². The molecule has 3 aromatic rings. The minimum Gasteiger partial charge on any atom is -0.467 e. The number of methoxy groups -OCH3 is 1. The van der Waals surface area contributed by atoms with Gasteiger partial charge in [0.2, 0.25) is 5.91 Å². The van der Waals surface area contributed by atoms with Crippen LogP contribution in [0, 0.1) is 5.92 Å². The van der Waals surface area contributed by atoms with E-state index in [-0.39, 0.29) is 17.6 Å². The summed E-state index contributed by atoms with van der Waals surface area (Å²) in [5.74, 6) is -0.622. The third-order valence-electron chi connectivity index (χ3n) is 4.45. The molecular weight excluding hydrogens is 366 g/mol. The molecule has 3 rings (SSSR count). The number of rotatable bonds is 7. The van der Waals surface area contributed by atoms with Gasteiger partial charge in [0.05, 0.1) is 12.9 Å². The minimum absolute atomic E-state index is 0.0208. The molecule has 1 aromatic carbocycles. The fraction of sp³-hybridized carbons (Fsp3) is 0.368. The highest BCUT2D eigenvalue weighted by atomic mass is 32.2. The third kappa shape index (κ3) is 4.05. The highest BCUT2D eigenvalue weighted by Gasteiger charge is 2.26. The van der Waals surface area contributed by atoms with Crippen LogP contribution in [0.25, 0.3) is 22.1 Å². The number of carbonyl (C=O) groups is 2.